The first kappa shape index (κ1) is 16.2. The topological polar surface area (TPSA) is 47.4 Å². The molecule has 0 unspecified atom stereocenters. The van der Waals surface area contributed by atoms with E-state index in [0.717, 1.165) is 5.69 Å². The number of morpholine rings is 1. The number of aryl methyl sites for hydroxylation is 1. The van der Waals surface area contributed by atoms with Crippen LogP contribution in [0.15, 0.2) is 36.5 Å². The van der Waals surface area contributed by atoms with Crippen LogP contribution in [0.4, 0.5) is 4.39 Å². The maximum atomic E-state index is 14.4. The van der Waals surface area contributed by atoms with E-state index in [1.54, 1.807) is 40.2 Å². The molecule has 1 amide bonds. The normalized spacial score (nSPS) is 19.7. The van der Waals surface area contributed by atoms with Crippen molar-refractivity contribution in [1.29, 1.82) is 0 Å². The van der Waals surface area contributed by atoms with Crippen LogP contribution in [0.2, 0.25) is 0 Å². The molecule has 1 aliphatic heterocycles. The van der Waals surface area contributed by atoms with Crippen molar-refractivity contribution in [3.63, 3.8) is 0 Å². The molecule has 0 saturated carbocycles. The molecule has 1 aromatic carbocycles. The minimum absolute atomic E-state index is 0.0769. The molecular weight excluding hydrogens is 309 g/mol. The first-order valence-electron chi connectivity index (χ1n) is 7.96. The van der Waals surface area contributed by atoms with Crippen LogP contribution in [0.3, 0.4) is 0 Å². The zero-order valence-corrected chi connectivity index (χ0v) is 14.0. The van der Waals surface area contributed by atoms with Gasteiger partial charge in [-0.2, -0.15) is 0 Å². The lowest BCUT2D eigenvalue weighted by Gasteiger charge is -2.32. The van der Waals surface area contributed by atoms with E-state index in [0.29, 0.717) is 24.3 Å². The smallest absolute Gasteiger partial charge is 0.289 e. The standard InChI is InChI=1S/C18H20FN3O2/c1-4-21-10-13(3)24-17(18(21)23)8-14-5-6-16(15(19)7-14)22-9-12(2)20-11-22/h5-9,11,13H,4,10H2,1-3H3/b17-8-/t13-/m1/s1. The Bertz CT molecular complexity index is 797. The number of nitrogens with zero attached hydrogens (tertiary/aromatic N) is 3. The van der Waals surface area contributed by atoms with Crippen molar-refractivity contribution >= 4 is 12.0 Å². The van der Waals surface area contributed by atoms with Crippen LogP contribution in [-0.2, 0) is 9.53 Å². The summed E-state index contributed by atoms with van der Waals surface area (Å²) >= 11 is 0. The molecule has 0 N–H and O–H groups in total. The lowest BCUT2D eigenvalue weighted by Crippen LogP contribution is -2.43. The third-order valence-electron chi connectivity index (χ3n) is 3.94. The van der Waals surface area contributed by atoms with Crippen LogP contribution in [0.5, 0.6) is 0 Å². The Hall–Kier alpha value is -2.63. The predicted octanol–water partition coefficient (Wildman–Crippen LogP) is 2.93. The molecule has 2 aromatic rings. The van der Waals surface area contributed by atoms with Crippen molar-refractivity contribution in [2.24, 2.45) is 0 Å². The Labute approximate surface area is 140 Å². The number of halogens is 1. The number of ether oxygens (including phenoxy) is 1. The van der Waals surface area contributed by atoms with E-state index in [1.165, 1.54) is 6.07 Å². The molecule has 24 heavy (non-hydrogen) atoms. The number of hydrogen-bond donors (Lipinski definition) is 0. The van der Waals surface area contributed by atoms with E-state index in [2.05, 4.69) is 4.98 Å². The second kappa shape index (κ2) is 6.47. The molecule has 1 aromatic heterocycles. The Morgan fingerprint density at radius 1 is 1.46 bits per heavy atom. The average Bonchev–Trinajstić information content (AvgIpc) is 2.97. The van der Waals surface area contributed by atoms with Crippen LogP contribution in [-0.4, -0.2) is 39.6 Å². The Kier molecular flexibility index (Phi) is 4.38. The number of rotatable bonds is 3. The first-order valence-corrected chi connectivity index (χ1v) is 7.96. The minimum atomic E-state index is -0.384. The van der Waals surface area contributed by atoms with Crippen LogP contribution < -0.4 is 0 Å². The molecule has 6 heteroatoms. The molecule has 2 heterocycles. The van der Waals surface area contributed by atoms with Crippen LogP contribution in [0.25, 0.3) is 11.8 Å². The Morgan fingerprint density at radius 2 is 2.25 bits per heavy atom. The van der Waals surface area contributed by atoms with Gasteiger partial charge in [-0.1, -0.05) is 6.07 Å². The number of carbonyl (C=O) groups is 1. The summed E-state index contributed by atoms with van der Waals surface area (Å²) in [5.74, 6) is -0.294. The SMILES string of the molecule is CCN1C[C@@H](C)O/C(=C\c2ccc(-n3cnc(C)c3)c(F)c2)C1=O. The van der Waals surface area contributed by atoms with E-state index in [9.17, 15) is 9.18 Å². The molecule has 0 radical (unpaired) electrons. The molecule has 3 rings (SSSR count). The molecule has 5 nitrogen and oxygen atoms in total. The number of carbonyl (C=O) groups excluding carboxylic acids is 1. The van der Waals surface area contributed by atoms with Crippen molar-refractivity contribution in [2.75, 3.05) is 13.1 Å². The number of amides is 1. The summed E-state index contributed by atoms with van der Waals surface area (Å²) in [4.78, 5) is 18.1. The number of likely N-dealkylation sites (N-methyl/N-ethyl adjacent to an activating group) is 1. The number of imidazole rings is 1. The summed E-state index contributed by atoms with van der Waals surface area (Å²) in [5, 5.41) is 0. The van der Waals surface area contributed by atoms with Crippen LogP contribution in [0.1, 0.15) is 25.1 Å². The quantitative estimate of drug-likeness (QED) is 0.814. The highest BCUT2D eigenvalue weighted by atomic mass is 19.1. The van der Waals surface area contributed by atoms with Crippen LogP contribution >= 0.6 is 0 Å². The summed E-state index contributed by atoms with van der Waals surface area (Å²) in [7, 11) is 0. The number of hydrogen-bond acceptors (Lipinski definition) is 3. The molecule has 1 fully saturated rings. The Balaban J connectivity index is 1.90. The van der Waals surface area contributed by atoms with Gasteiger partial charge >= 0.3 is 0 Å². The van der Waals surface area contributed by atoms with Gasteiger partial charge in [0, 0.05) is 12.7 Å². The van der Waals surface area contributed by atoms with Crippen molar-refractivity contribution in [1.82, 2.24) is 14.5 Å². The summed E-state index contributed by atoms with van der Waals surface area (Å²) < 4.78 is 21.7. The van der Waals surface area contributed by atoms with Gasteiger partial charge in [0.15, 0.2) is 5.76 Å². The highest BCUT2D eigenvalue weighted by Gasteiger charge is 2.27. The molecule has 1 atom stereocenters. The van der Waals surface area contributed by atoms with Gasteiger partial charge in [-0.25, -0.2) is 9.37 Å². The summed E-state index contributed by atoms with van der Waals surface area (Å²) in [6.07, 6.45) is 4.84. The third kappa shape index (κ3) is 3.18. The van der Waals surface area contributed by atoms with Gasteiger partial charge in [-0.15, -0.1) is 0 Å². The summed E-state index contributed by atoms with van der Waals surface area (Å²) in [5.41, 5.74) is 1.81. The van der Waals surface area contributed by atoms with E-state index in [4.69, 9.17) is 4.74 Å². The van der Waals surface area contributed by atoms with Gasteiger partial charge in [-0.3, -0.25) is 4.79 Å². The third-order valence-corrected chi connectivity index (χ3v) is 3.94. The zero-order chi connectivity index (χ0) is 17.3. The highest BCUT2D eigenvalue weighted by molar-refractivity contribution is 5.96. The van der Waals surface area contributed by atoms with Gasteiger partial charge in [0.05, 0.1) is 24.3 Å². The van der Waals surface area contributed by atoms with Gasteiger partial charge < -0.3 is 14.2 Å². The van der Waals surface area contributed by atoms with E-state index in [1.807, 2.05) is 20.8 Å². The molecule has 1 aliphatic rings. The maximum Gasteiger partial charge on any atom is 0.289 e. The fraction of sp³-hybridized carbons (Fsp3) is 0.333. The van der Waals surface area contributed by atoms with E-state index in [-0.39, 0.29) is 23.6 Å². The molecule has 0 bridgehead atoms. The predicted molar refractivity (Wildman–Crippen MR) is 89.0 cm³/mol. The first-order chi connectivity index (χ1) is 11.5. The average molecular weight is 329 g/mol. The second-order valence-corrected chi connectivity index (χ2v) is 5.91. The number of benzene rings is 1. The minimum Gasteiger partial charge on any atom is -0.483 e. The largest absolute Gasteiger partial charge is 0.483 e. The molecule has 126 valence electrons. The van der Waals surface area contributed by atoms with Gasteiger partial charge in [0.25, 0.3) is 5.91 Å². The summed E-state index contributed by atoms with van der Waals surface area (Å²) in [6.45, 7) is 6.88. The summed E-state index contributed by atoms with van der Waals surface area (Å²) in [6, 6.07) is 4.81. The van der Waals surface area contributed by atoms with E-state index >= 15 is 0 Å². The monoisotopic (exact) mass is 329 g/mol. The lowest BCUT2D eigenvalue weighted by atomic mass is 10.1. The second-order valence-electron chi connectivity index (χ2n) is 5.91. The highest BCUT2D eigenvalue weighted by Crippen LogP contribution is 2.21. The van der Waals surface area contributed by atoms with Crippen molar-refractivity contribution < 1.29 is 13.9 Å². The zero-order valence-electron chi connectivity index (χ0n) is 14.0. The molecule has 0 spiro atoms. The van der Waals surface area contributed by atoms with Crippen LogP contribution in [0, 0.1) is 12.7 Å². The molecule has 0 aliphatic carbocycles. The van der Waals surface area contributed by atoms with Gasteiger partial charge in [-0.05, 0) is 44.5 Å². The maximum absolute atomic E-state index is 14.4. The van der Waals surface area contributed by atoms with Gasteiger partial charge in [0.1, 0.15) is 11.9 Å². The van der Waals surface area contributed by atoms with Gasteiger partial charge in [0.2, 0.25) is 0 Å². The number of aromatic nitrogens is 2. The Morgan fingerprint density at radius 3 is 2.88 bits per heavy atom. The van der Waals surface area contributed by atoms with Crippen molar-refractivity contribution in [2.45, 2.75) is 26.9 Å². The van der Waals surface area contributed by atoms with Crippen molar-refractivity contribution in [3.05, 3.63) is 53.6 Å². The molecular formula is C18H20FN3O2. The van der Waals surface area contributed by atoms with Crippen molar-refractivity contribution in [3.8, 4) is 5.69 Å². The fourth-order valence-corrected chi connectivity index (χ4v) is 2.75. The fourth-order valence-electron chi connectivity index (χ4n) is 2.75. The lowest BCUT2D eigenvalue weighted by molar-refractivity contribution is -0.138. The van der Waals surface area contributed by atoms with E-state index < -0.39 is 0 Å². The molecule has 1 saturated heterocycles.